The van der Waals surface area contributed by atoms with E-state index in [4.69, 9.17) is 0 Å². The number of benzene rings is 2. The fourth-order valence-corrected chi connectivity index (χ4v) is 3.17. The smallest absolute Gasteiger partial charge is 0.293 e. The van der Waals surface area contributed by atoms with E-state index in [-0.39, 0.29) is 17.5 Å². The van der Waals surface area contributed by atoms with Gasteiger partial charge in [-0.3, -0.25) is 14.9 Å². The van der Waals surface area contributed by atoms with E-state index in [1.165, 1.54) is 12.5 Å². The fraction of sp³-hybridized carbons (Fsp3) is 0.316. The number of nitro benzene ring substituents is 1. The van der Waals surface area contributed by atoms with Crippen LogP contribution in [0.2, 0.25) is 0 Å². The summed E-state index contributed by atoms with van der Waals surface area (Å²) in [6, 6.07) is 13.8. The van der Waals surface area contributed by atoms with Gasteiger partial charge in [0.05, 0.1) is 4.92 Å². The lowest BCUT2D eigenvalue weighted by atomic mass is 9.95. The van der Waals surface area contributed by atoms with Gasteiger partial charge in [-0.1, -0.05) is 49.6 Å². The maximum Gasteiger partial charge on any atom is 0.293 e. The van der Waals surface area contributed by atoms with Crippen LogP contribution in [-0.4, -0.2) is 16.7 Å². The Balaban J connectivity index is 1.87. The molecule has 0 atom stereocenters. The second kappa shape index (κ2) is 7.25. The molecule has 5 nitrogen and oxygen atoms in total. The van der Waals surface area contributed by atoms with Crippen LogP contribution >= 0.6 is 0 Å². The quantitative estimate of drug-likeness (QED) is 0.497. The van der Waals surface area contributed by atoms with Crippen LogP contribution < -0.4 is 5.32 Å². The summed E-state index contributed by atoms with van der Waals surface area (Å²) >= 11 is 0. The van der Waals surface area contributed by atoms with Crippen LogP contribution in [0, 0.1) is 10.1 Å². The number of nitrogens with zero attached hydrogens (tertiary/aromatic N) is 1. The van der Waals surface area contributed by atoms with Crippen molar-refractivity contribution < 1.29 is 9.72 Å². The number of rotatable bonds is 5. The van der Waals surface area contributed by atoms with Crippen molar-refractivity contribution in [3.05, 3.63) is 69.8 Å². The predicted octanol–water partition coefficient (Wildman–Crippen LogP) is 4.57. The highest BCUT2D eigenvalue weighted by Crippen LogP contribution is 2.30. The lowest BCUT2D eigenvalue weighted by Gasteiger charge is -2.23. The molecule has 0 unspecified atom stereocenters. The normalized spacial score (nSPS) is 15.0. The van der Waals surface area contributed by atoms with Gasteiger partial charge in [0, 0.05) is 23.2 Å². The molecule has 1 saturated carbocycles. The van der Waals surface area contributed by atoms with Crippen LogP contribution in [0.3, 0.4) is 0 Å². The van der Waals surface area contributed by atoms with E-state index in [2.05, 4.69) is 5.32 Å². The van der Waals surface area contributed by atoms with Crippen LogP contribution in [-0.2, 0) is 0 Å². The fourth-order valence-electron chi connectivity index (χ4n) is 3.17. The number of nitrogens with one attached hydrogen (secondary N) is 1. The summed E-state index contributed by atoms with van der Waals surface area (Å²) < 4.78 is 0. The molecule has 1 fully saturated rings. The van der Waals surface area contributed by atoms with E-state index < -0.39 is 4.92 Å². The van der Waals surface area contributed by atoms with Gasteiger partial charge >= 0.3 is 0 Å². The van der Waals surface area contributed by atoms with Crippen molar-refractivity contribution in [1.82, 2.24) is 0 Å². The van der Waals surface area contributed by atoms with E-state index in [1.54, 1.807) is 36.4 Å². The first kappa shape index (κ1) is 16.2. The molecule has 0 bridgehead atoms. The number of ketones is 1. The molecular weight excluding hydrogens is 304 g/mol. The summed E-state index contributed by atoms with van der Waals surface area (Å²) in [4.78, 5) is 23.5. The Morgan fingerprint density at radius 2 is 1.71 bits per heavy atom. The first-order chi connectivity index (χ1) is 11.6. The van der Waals surface area contributed by atoms with Crippen LogP contribution in [0.4, 0.5) is 11.4 Å². The summed E-state index contributed by atoms with van der Waals surface area (Å²) in [7, 11) is 0. The molecule has 5 heteroatoms. The molecule has 24 heavy (non-hydrogen) atoms. The lowest BCUT2D eigenvalue weighted by Crippen LogP contribution is -2.22. The van der Waals surface area contributed by atoms with Crippen molar-refractivity contribution >= 4 is 17.2 Å². The number of carbonyl (C=O) groups excluding carboxylic acids is 1. The van der Waals surface area contributed by atoms with Crippen LogP contribution in [0.25, 0.3) is 0 Å². The topological polar surface area (TPSA) is 72.2 Å². The molecule has 124 valence electrons. The summed E-state index contributed by atoms with van der Waals surface area (Å²) in [6.07, 6.45) is 5.58. The minimum atomic E-state index is -0.424. The minimum absolute atomic E-state index is 0.0395. The van der Waals surface area contributed by atoms with Gasteiger partial charge in [-0.15, -0.1) is 0 Å². The van der Waals surface area contributed by atoms with Gasteiger partial charge in [-0.2, -0.15) is 0 Å². The van der Waals surface area contributed by atoms with Crippen LogP contribution in [0.1, 0.15) is 48.0 Å². The van der Waals surface area contributed by atoms with E-state index in [0.717, 1.165) is 25.7 Å². The van der Waals surface area contributed by atoms with Crippen molar-refractivity contribution in [2.45, 2.75) is 38.1 Å². The summed E-state index contributed by atoms with van der Waals surface area (Å²) in [5.41, 5.74) is 1.32. The molecule has 2 aromatic carbocycles. The Morgan fingerprint density at radius 1 is 1.00 bits per heavy atom. The number of anilines is 1. The van der Waals surface area contributed by atoms with E-state index in [1.807, 2.05) is 6.07 Å². The summed E-state index contributed by atoms with van der Waals surface area (Å²) in [5, 5.41) is 14.7. The molecule has 1 aliphatic rings. The van der Waals surface area contributed by atoms with Crippen molar-refractivity contribution in [3.8, 4) is 0 Å². The Morgan fingerprint density at radius 3 is 2.38 bits per heavy atom. The van der Waals surface area contributed by atoms with Gasteiger partial charge < -0.3 is 5.32 Å². The molecule has 3 rings (SSSR count). The highest BCUT2D eigenvalue weighted by molar-refractivity contribution is 6.09. The molecule has 0 amide bonds. The molecule has 0 heterocycles. The molecule has 0 spiro atoms. The SMILES string of the molecule is O=C(c1ccccc1)c1ccc(NC2CCCCC2)c([N+](=O)[O-])c1. The molecule has 1 aliphatic carbocycles. The second-order valence-corrected chi connectivity index (χ2v) is 6.16. The van der Waals surface area contributed by atoms with Gasteiger partial charge in [0.15, 0.2) is 5.78 Å². The standard InChI is InChI=1S/C19H20N2O3/c22-19(14-7-3-1-4-8-14)15-11-12-17(18(13-15)21(23)24)20-16-9-5-2-6-10-16/h1,3-4,7-8,11-13,16,20H,2,5-6,9-10H2. The average Bonchev–Trinajstić information content (AvgIpc) is 2.63. The van der Waals surface area contributed by atoms with Crippen molar-refractivity contribution in [2.75, 3.05) is 5.32 Å². The van der Waals surface area contributed by atoms with Crippen molar-refractivity contribution in [1.29, 1.82) is 0 Å². The summed E-state index contributed by atoms with van der Waals surface area (Å²) in [5.74, 6) is -0.206. The maximum absolute atomic E-state index is 12.5. The first-order valence-corrected chi connectivity index (χ1v) is 8.30. The second-order valence-electron chi connectivity index (χ2n) is 6.16. The van der Waals surface area contributed by atoms with Crippen LogP contribution in [0.5, 0.6) is 0 Å². The number of carbonyl (C=O) groups is 1. The largest absolute Gasteiger partial charge is 0.377 e. The van der Waals surface area contributed by atoms with Gasteiger partial charge in [-0.25, -0.2) is 0 Å². The lowest BCUT2D eigenvalue weighted by molar-refractivity contribution is -0.384. The Hall–Kier alpha value is -2.69. The molecule has 0 aliphatic heterocycles. The molecule has 1 N–H and O–H groups in total. The molecular formula is C19H20N2O3. The molecule has 0 saturated heterocycles. The minimum Gasteiger partial charge on any atom is -0.377 e. The summed E-state index contributed by atoms with van der Waals surface area (Å²) in [6.45, 7) is 0. The van der Waals surface area contributed by atoms with Gasteiger partial charge in [0.1, 0.15) is 5.69 Å². The van der Waals surface area contributed by atoms with Crippen molar-refractivity contribution in [3.63, 3.8) is 0 Å². The third-order valence-electron chi connectivity index (χ3n) is 4.46. The van der Waals surface area contributed by atoms with Gasteiger partial charge in [0.25, 0.3) is 5.69 Å². The number of hydrogen-bond donors (Lipinski definition) is 1. The number of nitro groups is 1. The third kappa shape index (κ3) is 3.62. The predicted molar refractivity (Wildman–Crippen MR) is 93.5 cm³/mol. The monoisotopic (exact) mass is 324 g/mol. The van der Waals surface area contributed by atoms with Gasteiger partial charge in [0.2, 0.25) is 0 Å². The zero-order chi connectivity index (χ0) is 16.9. The molecule has 0 radical (unpaired) electrons. The number of hydrogen-bond acceptors (Lipinski definition) is 4. The third-order valence-corrected chi connectivity index (χ3v) is 4.46. The highest BCUT2D eigenvalue weighted by atomic mass is 16.6. The Labute approximate surface area is 140 Å². The van der Waals surface area contributed by atoms with Gasteiger partial charge in [-0.05, 0) is 25.0 Å². The van der Waals surface area contributed by atoms with E-state index in [9.17, 15) is 14.9 Å². The Kier molecular flexibility index (Phi) is 4.89. The highest BCUT2D eigenvalue weighted by Gasteiger charge is 2.21. The van der Waals surface area contributed by atoms with Crippen LogP contribution in [0.15, 0.2) is 48.5 Å². The Bertz CT molecular complexity index is 738. The van der Waals surface area contributed by atoms with E-state index in [0.29, 0.717) is 16.8 Å². The van der Waals surface area contributed by atoms with E-state index >= 15 is 0 Å². The zero-order valence-corrected chi connectivity index (χ0v) is 13.4. The first-order valence-electron chi connectivity index (χ1n) is 8.30. The van der Waals surface area contributed by atoms with Crippen molar-refractivity contribution in [2.24, 2.45) is 0 Å². The average molecular weight is 324 g/mol. The molecule has 2 aromatic rings. The zero-order valence-electron chi connectivity index (χ0n) is 13.4. The maximum atomic E-state index is 12.5. The molecule has 0 aromatic heterocycles.